The Bertz CT molecular complexity index is 352. The molecule has 0 aromatic carbocycles. The third-order valence-corrected chi connectivity index (χ3v) is 3.47. The SMILES string of the molecule is OC1CCC2OC3CC=CC=C3C=C2C1. The quantitative estimate of drug-likeness (QED) is 0.655. The highest BCUT2D eigenvalue weighted by Gasteiger charge is 2.32. The molecule has 0 amide bonds. The average molecular weight is 204 g/mol. The van der Waals surface area contributed by atoms with Gasteiger partial charge < -0.3 is 9.84 Å². The molecule has 0 aromatic rings. The van der Waals surface area contributed by atoms with Gasteiger partial charge in [-0.3, -0.25) is 0 Å². The lowest BCUT2D eigenvalue weighted by atomic mass is 9.84. The van der Waals surface area contributed by atoms with Crippen LogP contribution in [0, 0.1) is 0 Å². The Hall–Kier alpha value is -0.860. The van der Waals surface area contributed by atoms with Crippen molar-refractivity contribution in [1.82, 2.24) is 0 Å². The number of fused-ring (bicyclic) bond motifs is 2. The average Bonchev–Trinajstić information content (AvgIpc) is 2.26. The van der Waals surface area contributed by atoms with E-state index in [-0.39, 0.29) is 18.3 Å². The second-order valence-electron chi connectivity index (χ2n) is 4.60. The minimum absolute atomic E-state index is 0.160. The third-order valence-electron chi connectivity index (χ3n) is 3.47. The van der Waals surface area contributed by atoms with Gasteiger partial charge in [0.1, 0.15) is 0 Å². The molecular formula is C13H16O2. The number of rotatable bonds is 0. The van der Waals surface area contributed by atoms with Gasteiger partial charge in [-0.15, -0.1) is 0 Å². The number of hydrogen-bond acceptors (Lipinski definition) is 2. The maximum atomic E-state index is 9.61. The van der Waals surface area contributed by atoms with Crippen molar-refractivity contribution in [2.24, 2.45) is 0 Å². The normalized spacial score (nSPS) is 38.9. The third kappa shape index (κ3) is 1.68. The van der Waals surface area contributed by atoms with Crippen molar-refractivity contribution >= 4 is 0 Å². The van der Waals surface area contributed by atoms with E-state index in [1.54, 1.807) is 0 Å². The highest BCUT2D eigenvalue weighted by atomic mass is 16.5. The molecule has 1 N–H and O–H groups in total. The van der Waals surface area contributed by atoms with Crippen molar-refractivity contribution in [2.75, 3.05) is 0 Å². The largest absolute Gasteiger partial charge is 0.393 e. The van der Waals surface area contributed by atoms with Gasteiger partial charge in [0, 0.05) is 0 Å². The molecule has 2 heteroatoms. The van der Waals surface area contributed by atoms with Crippen LogP contribution in [0.15, 0.2) is 35.5 Å². The number of aliphatic hydroxyl groups is 1. The summed E-state index contributed by atoms with van der Waals surface area (Å²) < 4.78 is 6.04. The van der Waals surface area contributed by atoms with Crippen molar-refractivity contribution in [3.05, 3.63) is 35.5 Å². The minimum atomic E-state index is -0.160. The van der Waals surface area contributed by atoms with Crippen molar-refractivity contribution in [3.8, 4) is 0 Å². The van der Waals surface area contributed by atoms with Crippen LogP contribution in [0.3, 0.4) is 0 Å². The van der Waals surface area contributed by atoms with Gasteiger partial charge in [-0.1, -0.05) is 24.3 Å². The lowest BCUT2D eigenvalue weighted by molar-refractivity contribution is -0.00811. The molecule has 3 aliphatic rings. The standard InChI is InChI=1S/C13H16O2/c14-11-5-6-13-10(8-11)7-9-3-1-2-4-12(9)15-13/h1-3,7,11-14H,4-6,8H2. The first-order chi connectivity index (χ1) is 7.33. The summed E-state index contributed by atoms with van der Waals surface area (Å²) in [5, 5.41) is 9.61. The van der Waals surface area contributed by atoms with Gasteiger partial charge in [0.15, 0.2) is 0 Å². The molecule has 2 nitrogen and oxygen atoms in total. The number of ether oxygens (including phenoxy) is 1. The lowest BCUT2D eigenvalue weighted by Gasteiger charge is -2.37. The fraction of sp³-hybridized carbons (Fsp3) is 0.538. The van der Waals surface area contributed by atoms with E-state index >= 15 is 0 Å². The molecule has 0 radical (unpaired) electrons. The first-order valence-corrected chi connectivity index (χ1v) is 5.73. The first-order valence-electron chi connectivity index (χ1n) is 5.73. The maximum absolute atomic E-state index is 9.61. The summed E-state index contributed by atoms with van der Waals surface area (Å²) in [4.78, 5) is 0. The summed E-state index contributed by atoms with van der Waals surface area (Å²) in [5.74, 6) is 0. The van der Waals surface area contributed by atoms with Gasteiger partial charge in [0.25, 0.3) is 0 Å². The summed E-state index contributed by atoms with van der Waals surface area (Å²) >= 11 is 0. The first kappa shape index (κ1) is 9.37. The Labute approximate surface area is 89.9 Å². The van der Waals surface area contributed by atoms with Gasteiger partial charge in [-0.25, -0.2) is 0 Å². The van der Waals surface area contributed by atoms with Gasteiger partial charge in [0.2, 0.25) is 0 Å². The zero-order valence-corrected chi connectivity index (χ0v) is 8.73. The van der Waals surface area contributed by atoms with E-state index in [9.17, 15) is 5.11 Å². The number of hydrogen-bond donors (Lipinski definition) is 1. The van der Waals surface area contributed by atoms with Crippen LogP contribution in [0.4, 0.5) is 0 Å². The Morgan fingerprint density at radius 2 is 2.20 bits per heavy atom. The van der Waals surface area contributed by atoms with Crippen LogP contribution in [0.5, 0.6) is 0 Å². The summed E-state index contributed by atoms with van der Waals surface area (Å²) in [7, 11) is 0. The molecule has 0 bridgehead atoms. The summed E-state index contributed by atoms with van der Waals surface area (Å²) in [6.45, 7) is 0. The van der Waals surface area contributed by atoms with Gasteiger partial charge in [-0.05, 0) is 36.8 Å². The second-order valence-corrected chi connectivity index (χ2v) is 4.60. The van der Waals surface area contributed by atoms with E-state index in [0.29, 0.717) is 0 Å². The Kier molecular flexibility index (Phi) is 2.26. The van der Waals surface area contributed by atoms with Crippen molar-refractivity contribution in [1.29, 1.82) is 0 Å². The van der Waals surface area contributed by atoms with Crippen LogP contribution < -0.4 is 0 Å². The summed E-state index contributed by atoms with van der Waals surface area (Å²) in [6.07, 6.45) is 12.6. The van der Waals surface area contributed by atoms with Crippen LogP contribution in [-0.4, -0.2) is 23.4 Å². The van der Waals surface area contributed by atoms with Crippen molar-refractivity contribution < 1.29 is 9.84 Å². The van der Waals surface area contributed by atoms with Crippen molar-refractivity contribution in [2.45, 2.75) is 44.0 Å². The molecule has 2 aliphatic carbocycles. The van der Waals surface area contributed by atoms with Crippen LogP contribution in [0.25, 0.3) is 0 Å². The highest BCUT2D eigenvalue weighted by Crippen LogP contribution is 2.35. The molecule has 1 fully saturated rings. The van der Waals surface area contributed by atoms with Gasteiger partial charge >= 0.3 is 0 Å². The van der Waals surface area contributed by atoms with E-state index in [4.69, 9.17) is 4.74 Å². The maximum Gasteiger partial charge on any atom is 0.0867 e. The fourth-order valence-corrected chi connectivity index (χ4v) is 2.65. The highest BCUT2D eigenvalue weighted by molar-refractivity contribution is 5.38. The molecule has 1 aliphatic heterocycles. The molecule has 0 spiro atoms. The van der Waals surface area contributed by atoms with E-state index in [1.807, 2.05) is 0 Å². The van der Waals surface area contributed by atoms with Crippen LogP contribution in [0.2, 0.25) is 0 Å². The molecule has 80 valence electrons. The molecule has 0 aromatic heterocycles. The van der Waals surface area contributed by atoms with E-state index < -0.39 is 0 Å². The van der Waals surface area contributed by atoms with Crippen molar-refractivity contribution in [3.63, 3.8) is 0 Å². The zero-order valence-electron chi connectivity index (χ0n) is 8.73. The van der Waals surface area contributed by atoms with Crippen LogP contribution in [-0.2, 0) is 4.74 Å². The van der Waals surface area contributed by atoms with Gasteiger partial charge in [-0.2, -0.15) is 0 Å². The predicted molar refractivity (Wildman–Crippen MR) is 58.4 cm³/mol. The molecule has 3 rings (SSSR count). The molecule has 3 unspecified atom stereocenters. The van der Waals surface area contributed by atoms with Crippen LogP contribution >= 0.6 is 0 Å². The Morgan fingerprint density at radius 1 is 1.27 bits per heavy atom. The molecule has 15 heavy (non-hydrogen) atoms. The summed E-state index contributed by atoms with van der Waals surface area (Å²) in [6, 6.07) is 0. The van der Waals surface area contributed by atoms with Gasteiger partial charge in [0.05, 0.1) is 18.3 Å². The number of aliphatic hydroxyl groups excluding tert-OH is 1. The zero-order chi connectivity index (χ0) is 10.3. The Balaban J connectivity index is 1.89. The van der Waals surface area contributed by atoms with E-state index in [1.165, 1.54) is 11.1 Å². The van der Waals surface area contributed by atoms with E-state index in [2.05, 4.69) is 24.3 Å². The lowest BCUT2D eigenvalue weighted by Crippen LogP contribution is -2.35. The molecule has 1 heterocycles. The Morgan fingerprint density at radius 3 is 3.13 bits per heavy atom. The van der Waals surface area contributed by atoms with Crippen LogP contribution in [0.1, 0.15) is 25.7 Å². The topological polar surface area (TPSA) is 29.5 Å². The summed E-state index contributed by atoms with van der Waals surface area (Å²) in [5.41, 5.74) is 2.56. The minimum Gasteiger partial charge on any atom is -0.393 e. The smallest absolute Gasteiger partial charge is 0.0867 e. The fourth-order valence-electron chi connectivity index (χ4n) is 2.65. The molecular weight excluding hydrogens is 188 g/mol. The molecule has 0 saturated heterocycles. The second kappa shape index (κ2) is 3.62. The van der Waals surface area contributed by atoms with E-state index in [0.717, 1.165) is 25.7 Å². The monoisotopic (exact) mass is 204 g/mol. The molecule has 1 saturated carbocycles. The number of allylic oxidation sites excluding steroid dienone is 2. The predicted octanol–water partition coefficient (Wildman–Crippen LogP) is 2.11. The molecule has 3 atom stereocenters.